The molecule has 1 aromatic rings. The van der Waals surface area contributed by atoms with Gasteiger partial charge in [-0.3, -0.25) is 9.88 Å². The summed E-state index contributed by atoms with van der Waals surface area (Å²) in [5, 5.41) is 8.82. The summed E-state index contributed by atoms with van der Waals surface area (Å²) in [4.78, 5) is 17.4. The molecular weight excluding hydrogens is 228 g/mol. The third kappa shape index (κ3) is 2.88. The van der Waals surface area contributed by atoms with Crippen LogP contribution in [0.5, 0.6) is 0 Å². The lowest BCUT2D eigenvalue weighted by atomic mass is 10.0. The highest BCUT2D eigenvalue weighted by Gasteiger charge is 2.27. The molecule has 1 aliphatic rings. The number of carbonyl (C=O) groups is 1. The number of aromatic nitrogens is 1. The molecule has 0 amide bonds. The minimum Gasteiger partial charge on any atom is -0.478 e. The van der Waals surface area contributed by atoms with Crippen LogP contribution < -0.4 is 0 Å². The van der Waals surface area contributed by atoms with Crippen LogP contribution in [0, 0.1) is 5.92 Å². The molecule has 1 aromatic heterocycles. The molecule has 0 radical (unpaired) electrons. The Bertz CT molecular complexity index is 414. The van der Waals surface area contributed by atoms with Crippen LogP contribution in [0.4, 0.5) is 0 Å². The molecule has 1 saturated heterocycles. The van der Waals surface area contributed by atoms with E-state index in [1.807, 2.05) is 6.07 Å². The minimum absolute atomic E-state index is 0.251. The van der Waals surface area contributed by atoms with Crippen LogP contribution in [-0.4, -0.2) is 33.5 Å². The molecule has 0 bridgehead atoms. The summed E-state index contributed by atoms with van der Waals surface area (Å²) in [6, 6.07) is 4.08. The highest BCUT2D eigenvalue weighted by atomic mass is 16.4. The zero-order chi connectivity index (χ0) is 13.1. The van der Waals surface area contributed by atoms with Crippen LogP contribution in [-0.2, 0) is 6.54 Å². The van der Waals surface area contributed by atoms with Crippen molar-refractivity contribution >= 4 is 5.97 Å². The Kier molecular flexibility index (Phi) is 3.97. The number of aromatic carboxylic acids is 1. The first-order valence-electron chi connectivity index (χ1n) is 6.50. The number of hydrogen-bond acceptors (Lipinski definition) is 3. The van der Waals surface area contributed by atoms with Gasteiger partial charge in [-0.2, -0.15) is 0 Å². The third-order valence-electron chi connectivity index (χ3n) is 3.62. The lowest BCUT2D eigenvalue weighted by molar-refractivity contribution is 0.0696. The second-order valence-corrected chi connectivity index (χ2v) is 5.27. The molecule has 1 atom stereocenters. The van der Waals surface area contributed by atoms with E-state index in [-0.39, 0.29) is 5.56 Å². The van der Waals surface area contributed by atoms with Crippen molar-refractivity contribution < 1.29 is 9.90 Å². The Morgan fingerprint density at radius 3 is 2.89 bits per heavy atom. The van der Waals surface area contributed by atoms with E-state index in [9.17, 15) is 4.79 Å². The molecule has 18 heavy (non-hydrogen) atoms. The summed E-state index contributed by atoms with van der Waals surface area (Å²) < 4.78 is 0. The van der Waals surface area contributed by atoms with Gasteiger partial charge in [0.05, 0.1) is 11.3 Å². The Labute approximate surface area is 108 Å². The Morgan fingerprint density at radius 1 is 1.56 bits per heavy atom. The Balaban J connectivity index is 2.02. The van der Waals surface area contributed by atoms with Gasteiger partial charge in [0.15, 0.2) is 0 Å². The van der Waals surface area contributed by atoms with Gasteiger partial charge in [-0.15, -0.1) is 0 Å². The first-order valence-corrected chi connectivity index (χ1v) is 6.50. The largest absolute Gasteiger partial charge is 0.478 e. The lowest BCUT2D eigenvalue weighted by Gasteiger charge is -2.27. The van der Waals surface area contributed by atoms with Crippen molar-refractivity contribution in [2.75, 3.05) is 6.54 Å². The van der Waals surface area contributed by atoms with Gasteiger partial charge in [0.25, 0.3) is 0 Å². The SMILES string of the molecule is CC(C)C1CCCN1Cc1ccc(C(=O)O)cn1. The van der Waals surface area contributed by atoms with E-state index in [1.54, 1.807) is 6.07 Å². The molecule has 2 heterocycles. The molecule has 1 aliphatic heterocycles. The first-order chi connectivity index (χ1) is 8.58. The molecule has 1 fully saturated rings. The number of pyridine rings is 1. The van der Waals surface area contributed by atoms with Crippen molar-refractivity contribution in [1.82, 2.24) is 9.88 Å². The van der Waals surface area contributed by atoms with Gasteiger partial charge < -0.3 is 5.11 Å². The summed E-state index contributed by atoms with van der Waals surface area (Å²) in [5.41, 5.74) is 1.20. The first kappa shape index (κ1) is 13.0. The average Bonchev–Trinajstić information content (AvgIpc) is 2.78. The molecule has 4 heteroatoms. The van der Waals surface area contributed by atoms with Crippen LogP contribution in [0.15, 0.2) is 18.3 Å². The quantitative estimate of drug-likeness (QED) is 0.889. The number of carboxylic acids is 1. The lowest BCUT2D eigenvalue weighted by Crippen LogP contribution is -2.33. The van der Waals surface area contributed by atoms with Gasteiger partial charge in [-0.05, 0) is 37.4 Å². The van der Waals surface area contributed by atoms with Crippen LogP contribution in [0.1, 0.15) is 42.7 Å². The molecule has 0 aromatic carbocycles. The molecule has 98 valence electrons. The van der Waals surface area contributed by atoms with Gasteiger partial charge in [0.2, 0.25) is 0 Å². The fraction of sp³-hybridized carbons (Fsp3) is 0.571. The van der Waals surface area contributed by atoms with Crippen molar-refractivity contribution in [3.8, 4) is 0 Å². The predicted molar refractivity (Wildman–Crippen MR) is 69.5 cm³/mol. The molecule has 0 spiro atoms. The van der Waals surface area contributed by atoms with Crippen LogP contribution in [0.25, 0.3) is 0 Å². The monoisotopic (exact) mass is 248 g/mol. The molecule has 4 nitrogen and oxygen atoms in total. The summed E-state index contributed by atoms with van der Waals surface area (Å²) >= 11 is 0. The molecule has 2 rings (SSSR count). The minimum atomic E-state index is -0.921. The second-order valence-electron chi connectivity index (χ2n) is 5.27. The zero-order valence-electron chi connectivity index (χ0n) is 11.0. The maximum absolute atomic E-state index is 10.7. The fourth-order valence-electron chi connectivity index (χ4n) is 2.66. The molecule has 1 unspecified atom stereocenters. The van der Waals surface area contributed by atoms with E-state index in [0.29, 0.717) is 12.0 Å². The van der Waals surface area contributed by atoms with Crippen molar-refractivity contribution in [3.05, 3.63) is 29.6 Å². The van der Waals surface area contributed by atoms with Crippen molar-refractivity contribution in [2.24, 2.45) is 5.92 Å². The fourth-order valence-corrected chi connectivity index (χ4v) is 2.66. The van der Waals surface area contributed by atoms with Gasteiger partial charge >= 0.3 is 5.97 Å². The summed E-state index contributed by atoms with van der Waals surface area (Å²) in [6.45, 7) is 6.45. The normalized spacial score (nSPS) is 20.5. The maximum Gasteiger partial charge on any atom is 0.337 e. The molecular formula is C14H20N2O2. The summed E-state index contributed by atoms with van der Waals surface area (Å²) in [7, 11) is 0. The van der Waals surface area contributed by atoms with Gasteiger partial charge in [-0.1, -0.05) is 13.8 Å². The van der Waals surface area contributed by atoms with Gasteiger partial charge in [0, 0.05) is 18.8 Å². The number of likely N-dealkylation sites (tertiary alicyclic amines) is 1. The van der Waals surface area contributed by atoms with E-state index < -0.39 is 5.97 Å². The van der Waals surface area contributed by atoms with Crippen LogP contribution in [0.2, 0.25) is 0 Å². The number of rotatable bonds is 4. The smallest absolute Gasteiger partial charge is 0.337 e. The standard InChI is InChI=1S/C14H20N2O2/c1-10(2)13-4-3-7-16(13)9-12-6-5-11(8-15-12)14(17)18/h5-6,8,10,13H,3-4,7,9H2,1-2H3,(H,17,18). The average molecular weight is 248 g/mol. The van der Waals surface area contributed by atoms with Crippen molar-refractivity contribution in [2.45, 2.75) is 39.3 Å². The van der Waals surface area contributed by atoms with E-state index in [2.05, 4.69) is 23.7 Å². The van der Waals surface area contributed by atoms with Crippen LogP contribution in [0.3, 0.4) is 0 Å². The number of nitrogens with zero attached hydrogens (tertiary/aromatic N) is 2. The molecule has 0 aliphatic carbocycles. The second kappa shape index (κ2) is 5.48. The van der Waals surface area contributed by atoms with Crippen LogP contribution >= 0.6 is 0 Å². The van der Waals surface area contributed by atoms with Crippen molar-refractivity contribution in [1.29, 1.82) is 0 Å². The maximum atomic E-state index is 10.7. The zero-order valence-corrected chi connectivity index (χ0v) is 11.0. The number of hydrogen-bond donors (Lipinski definition) is 1. The van der Waals surface area contributed by atoms with Gasteiger partial charge in [-0.25, -0.2) is 4.79 Å². The molecule has 0 saturated carbocycles. The topological polar surface area (TPSA) is 53.4 Å². The highest BCUT2D eigenvalue weighted by molar-refractivity contribution is 5.87. The van der Waals surface area contributed by atoms with E-state index >= 15 is 0 Å². The van der Waals surface area contributed by atoms with E-state index in [0.717, 1.165) is 18.8 Å². The van der Waals surface area contributed by atoms with E-state index in [1.165, 1.54) is 19.0 Å². The Morgan fingerprint density at radius 2 is 2.33 bits per heavy atom. The van der Waals surface area contributed by atoms with Gasteiger partial charge in [0.1, 0.15) is 0 Å². The highest BCUT2D eigenvalue weighted by Crippen LogP contribution is 2.25. The summed E-state index contributed by atoms with van der Waals surface area (Å²) in [6.07, 6.45) is 3.94. The number of carboxylic acid groups (broad SMARTS) is 1. The molecule has 1 N–H and O–H groups in total. The predicted octanol–water partition coefficient (Wildman–Crippen LogP) is 2.40. The third-order valence-corrected chi connectivity index (χ3v) is 3.62. The van der Waals surface area contributed by atoms with Crippen molar-refractivity contribution in [3.63, 3.8) is 0 Å². The Hall–Kier alpha value is -1.42. The van der Waals surface area contributed by atoms with E-state index in [4.69, 9.17) is 5.11 Å². The summed E-state index contributed by atoms with van der Waals surface area (Å²) in [5.74, 6) is -0.263.